The summed E-state index contributed by atoms with van der Waals surface area (Å²) in [7, 11) is 0. The molecule has 2 aliphatic carbocycles. The maximum Gasteiger partial charge on any atom is 0.213 e. The lowest BCUT2D eigenvalue weighted by molar-refractivity contribution is 0.288. The van der Waals surface area contributed by atoms with E-state index in [9.17, 15) is 0 Å². The molecule has 0 bridgehead atoms. The van der Waals surface area contributed by atoms with Gasteiger partial charge >= 0.3 is 0 Å². The van der Waals surface area contributed by atoms with Crippen LogP contribution in [0, 0.1) is 5.92 Å². The predicted octanol–water partition coefficient (Wildman–Crippen LogP) is 3.26. The Morgan fingerprint density at radius 2 is 2.08 bits per heavy atom. The summed E-state index contributed by atoms with van der Waals surface area (Å²) in [5.41, 5.74) is 1.09. The van der Waals surface area contributed by atoms with Crippen molar-refractivity contribution < 1.29 is 4.74 Å². The highest BCUT2D eigenvalue weighted by Gasteiger charge is 2.22. The standard InChI is InChI=1S/C18H26N4O.HI/c1-2-19-18(22-16-5-3-4-6-16)21-12-15-9-10-17(20-11-15)23-13-14-7-8-14;/h3-4,9-11,14,16H,2,5-8,12-13H2,1H3,(H2,19,21,22);1H. The Kier molecular flexibility index (Phi) is 7.81. The zero-order valence-electron chi connectivity index (χ0n) is 14.2. The molecule has 1 aromatic heterocycles. The highest BCUT2D eigenvalue weighted by atomic mass is 127. The second-order valence-corrected chi connectivity index (χ2v) is 6.24. The molecule has 1 saturated carbocycles. The summed E-state index contributed by atoms with van der Waals surface area (Å²) in [6.45, 7) is 4.36. The first kappa shape index (κ1) is 19.0. The molecule has 6 heteroatoms. The summed E-state index contributed by atoms with van der Waals surface area (Å²) >= 11 is 0. The van der Waals surface area contributed by atoms with Crippen molar-refractivity contribution in [1.82, 2.24) is 15.6 Å². The second kappa shape index (κ2) is 9.86. The molecule has 24 heavy (non-hydrogen) atoms. The SMILES string of the molecule is CCNC(=NCc1ccc(OCC2CC2)nc1)NC1CC=CC1.I. The molecule has 0 aromatic carbocycles. The molecule has 0 radical (unpaired) electrons. The van der Waals surface area contributed by atoms with Gasteiger partial charge in [-0.05, 0) is 44.1 Å². The number of nitrogens with zero attached hydrogens (tertiary/aromatic N) is 2. The van der Waals surface area contributed by atoms with Crippen molar-refractivity contribution in [3.8, 4) is 5.88 Å². The highest BCUT2D eigenvalue weighted by molar-refractivity contribution is 14.0. The number of guanidine groups is 1. The maximum atomic E-state index is 5.66. The number of hydrogen-bond acceptors (Lipinski definition) is 3. The van der Waals surface area contributed by atoms with Gasteiger partial charge in [0.1, 0.15) is 0 Å². The third-order valence-electron chi connectivity index (χ3n) is 4.07. The molecule has 0 saturated heterocycles. The second-order valence-electron chi connectivity index (χ2n) is 6.24. The van der Waals surface area contributed by atoms with Crippen molar-refractivity contribution in [3.05, 3.63) is 36.0 Å². The molecule has 0 amide bonds. The van der Waals surface area contributed by atoms with Gasteiger partial charge in [-0.15, -0.1) is 24.0 Å². The van der Waals surface area contributed by atoms with E-state index in [0.29, 0.717) is 18.5 Å². The van der Waals surface area contributed by atoms with Crippen LogP contribution in [0.15, 0.2) is 35.5 Å². The number of aromatic nitrogens is 1. The molecule has 1 heterocycles. The Morgan fingerprint density at radius 1 is 1.29 bits per heavy atom. The van der Waals surface area contributed by atoms with E-state index < -0.39 is 0 Å². The summed E-state index contributed by atoms with van der Waals surface area (Å²) in [6, 6.07) is 4.44. The van der Waals surface area contributed by atoms with Crippen LogP contribution in [0.5, 0.6) is 5.88 Å². The lowest BCUT2D eigenvalue weighted by Gasteiger charge is -2.16. The first-order chi connectivity index (χ1) is 11.3. The van der Waals surface area contributed by atoms with E-state index in [2.05, 4.69) is 39.7 Å². The highest BCUT2D eigenvalue weighted by Crippen LogP contribution is 2.29. The van der Waals surface area contributed by atoms with Crippen molar-refractivity contribution in [1.29, 1.82) is 0 Å². The molecule has 1 fully saturated rings. The number of aliphatic imine (C=N–C) groups is 1. The molecule has 2 N–H and O–H groups in total. The minimum absolute atomic E-state index is 0. The number of rotatable bonds is 7. The van der Waals surface area contributed by atoms with Crippen LogP contribution >= 0.6 is 24.0 Å². The van der Waals surface area contributed by atoms with Crippen molar-refractivity contribution in [2.24, 2.45) is 10.9 Å². The Balaban J connectivity index is 0.00000208. The Bertz CT molecular complexity index is 547. The van der Waals surface area contributed by atoms with Crippen LogP contribution in [0.4, 0.5) is 0 Å². The van der Waals surface area contributed by atoms with E-state index in [0.717, 1.165) is 43.4 Å². The summed E-state index contributed by atoms with van der Waals surface area (Å²) in [5.74, 6) is 2.34. The number of ether oxygens (including phenoxy) is 1. The number of halogens is 1. The molecule has 3 rings (SSSR count). The van der Waals surface area contributed by atoms with Gasteiger partial charge in [-0.25, -0.2) is 9.98 Å². The van der Waals surface area contributed by atoms with Crippen LogP contribution in [-0.2, 0) is 6.54 Å². The third-order valence-corrected chi connectivity index (χ3v) is 4.07. The fourth-order valence-electron chi connectivity index (χ4n) is 2.50. The van der Waals surface area contributed by atoms with Crippen LogP contribution in [0.2, 0.25) is 0 Å². The third kappa shape index (κ3) is 6.30. The van der Waals surface area contributed by atoms with Crippen LogP contribution in [0.3, 0.4) is 0 Å². The Labute approximate surface area is 161 Å². The molecule has 132 valence electrons. The number of pyridine rings is 1. The zero-order valence-corrected chi connectivity index (χ0v) is 16.5. The number of hydrogen-bond donors (Lipinski definition) is 2. The van der Waals surface area contributed by atoms with E-state index in [-0.39, 0.29) is 24.0 Å². The zero-order chi connectivity index (χ0) is 15.9. The topological polar surface area (TPSA) is 58.5 Å². The smallest absolute Gasteiger partial charge is 0.213 e. The Hall–Kier alpha value is -1.31. The van der Waals surface area contributed by atoms with E-state index in [1.807, 2.05) is 18.3 Å². The van der Waals surface area contributed by atoms with Gasteiger partial charge in [-0.3, -0.25) is 0 Å². The molecule has 0 unspecified atom stereocenters. The summed E-state index contributed by atoms with van der Waals surface area (Å²) in [4.78, 5) is 9.01. The molecule has 1 aromatic rings. The monoisotopic (exact) mass is 442 g/mol. The van der Waals surface area contributed by atoms with Gasteiger partial charge in [0.15, 0.2) is 5.96 Å². The molecular weight excluding hydrogens is 415 g/mol. The lowest BCUT2D eigenvalue weighted by Crippen LogP contribution is -2.42. The van der Waals surface area contributed by atoms with Gasteiger partial charge < -0.3 is 15.4 Å². The predicted molar refractivity (Wildman–Crippen MR) is 108 cm³/mol. The largest absolute Gasteiger partial charge is 0.477 e. The van der Waals surface area contributed by atoms with E-state index in [1.54, 1.807) is 0 Å². The first-order valence-corrected chi connectivity index (χ1v) is 8.61. The summed E-state index contributed by atoms with van der Waals surface area (Å²) in [6.07, 6.45) is 11.0. The van der Waals surface area contributed by atoms with Crippen LogP contribution in [-0.4, -0.2) is 30.1 Å². The molecule has 0 spiro atoms. The number of nitrogens with one attached hydrogen (secondary N) is 2. The molecular formula is C18H27IN4O. The van der Waals surface area contributed by atoms with Gasteiger partial charge in [-0.1, -0.05) is 18.2 Å². The maximum absolute atomic E-state index is 5.66. The fourth-order valence-corrected chi connectivity index (χ4v) is 2.50. The van der Waals surface area contributed by atoms with Crippen molar-refractivity contribution >= 4 is 29.9 Å². The van der Waals surface area contributed by atoms with E-state index in [1.165, 1.54) is 12.8 Å². The van der Waals surface area contributed by atoms with Crippen molar-refractivity contribution in [2.75, 3.05) is 13.2 Å². The van der Waals surface area contributed by atoms with Crippen molar-refractivity contribution in [3.63, 3.8) is 0 Å². The molecule has 0 aliphatic heterocycles. The summed E-state index contributed by atoms with van der Waals surface area (Å²) < 4.78 is 5.66. The van der Waals surface area contributed by atoms with Gasteiger partial charge in [0.2, 0.25) is 5.88 Å². The summed E-state index contributed by atoms with van der Waals surface area (Å²) in [5, 5.41) is 6.77. The Morgan fingerprint density at radius 3 is 2.71 bits per heavy atom. The average molecular weight is 442 g/mol. The van der Waals surface area contributed by atoms with Gasteiger partial charge in [0.25, 0.3) is 0 Å². The van der Waals surface area contributed by atoms with Crippen LogP contribution in [0.25, 0.3) is 0 Å². The lowest BCUT2D eigenvalue weighted by atomic mass is 10.2. The van der Waals surface area contributed by atoms with Gasteiger partial charge in [0, 0.05) is 24.8 Å². The fraction of sp³-hybridized carbons (Fsp3) is 0.556. The van der Waals surface area contributed by atoms with Crippen molar-refractivity contribution in [2.45, 2.75) is 45.2 Å². The quantitative estimate of drug-likeness (QED) is 0.295. The minimum atomic E-state index is 0. The first-order valence-electron chi connectivity index (χ1n) is 8.61. The average Bonchev–Trinajstić information content (AvgIpc) is 3.27. The van der Waals surface area contributed by atoms with Crippen LogP contribution < -0.4 is 15.4 Å². The van der Waals surface area contributed by atoms with Gasteiger partial charge in [0.05, 0.1) is 13.2 Å². The molecule has 5 nitrogen and oxygen atoms in total. The van der Waals surface area contributed by atoms with E-state index in [4.69, 9.17) is 4.74 Å². The molecule has 0 atom stereocenters. The van der Waals surface area contributed by atoms with Gasteiger partial charge in [-0.2, -0.15) is 0 Å². The van der Waals surface area contributed by atoms with Crippen LogP contribution in [0.1, 0.15) is 38.2 Å². The normalized spacial score (nSPS) is 17.5. The molecule has 2 aliphatic rings. The van der Waals surface area contributed by atoms with E-state index >= 15 is 0 Å². The minimum Gasteiger partial charge on any atom is -0.477 e.